The number of para-hydroxylation sites is 2. The van der Waals surface area contributed by atoms with Crippen LogP contribution in [0.15, 0.2) is 48.5 Å². The molecule has 2 N–H and O–H groups in total. The molecule has 2 aromatic carbocycles. The van der Waals surface area contributed by atoms with Gasteiger partial charge in [0.1, 0.15) is 5.82 Å². The highest BCUT2D eigenvalue weighted by Gasteiger charge is 2.45. The number of aromatic amines is 1. The number of imidazole rings is 1. The van der Waals surface area contributed by atoms with Crippen LogP contribution < -0.4 is 5.32 Å². The van der Waals surface area contributed by atoms with Gasteiger partial charge in [-0.25, -0.2) is 4.98 Å². The quantitative estimate of drug-likeness (QED) is 0.638. The third-order valence-corrected chi connectivity index (χ3v) is 6.79. The molecule has 5 rings (SSSR count). The molecule has 2 aliphatic rings. The average Bonchev–Trinajstić information content (AvgIpc) is 3.35. The highest BCUT2D eigenvalue weighted by Crippen LogP contribution is 2.41. The van der Waals surface area contributed by atoms with Crippen LogP contribution in [0.4, 0.5) is 0 Å². The number of hydrogen-bond acceptors (Lipinski definition) is 3. The fourth-order valence-corrected chi connectivity index (χ4v) is 5.20. The molecule has 0 spiro atoms. The van der Waals surface area contributed by atoms with Crippen LogP contribution in [0, 0.1) is 0 Å². The molecule has 1 saturated carbocycles. The first-order valence-corrected chi connectivity index (χ1v) is 11.2. The van der Waals surface area contributed by atoms with E-state index in [4.69, 9.17) is 0 Å². The summed E-state index contributed by atoms with van der Waals surface area (Å²) >= 11 is 0. The van der Waals surface area contributed by atoms with Gasteiger partial charge >= 0.3 is 0 Å². The molecule has 0 unspecified atom stereocenters. The lowest BCUT2D eigenvalue weighted by atomic mass is 9.77. The van der Waals surface area contributed by atoms with Crippen molar-refractivity contribution in [3.63, 3.8) is 0 Å². The van der Waals surface area contributed by atoms with Crippen LogP contribution in [0.1, 0.15) is 60.3 Å². The van der Waals surface area contributed by atoms with Crippen molar-refractivity contribution in [2.24, 2.45) is 0 Å². The molecule has 0 bridgehead atoms. The van der Waals surface area contributed by atoms with Gasteiger partial charge in [-0.2, -0.15) is 0 Å². The molecule has 1 fully saturated rings. The Morgan fingerprint density at radius 2 is 1.84 bits per heavy atom. The van der Waals surface area contributed by atoms with E-state index in [1.807, 2.05) is 53.4 Å². The van der Waals surface area contributed by atoms with Gasteiger partial charge in [0.05, 0.1) is 16.6 Å². The maximum absolute atomic E-state index is 13.1. The van der Waals surface area contributed by atoms with Gasteiger partial charge in [-0.1, -0.05) is 49.6 Å². The number of amides is 2. The molecular weight excluding hydrogens is 388 g/mol. The van der Waals surface area contributed by atoms with E-state index in [9.17, 15) is 9.59 Å². The third-order valence-electron chi connectivity index (χ3n) is 6.79. The first-order chi connectivity index (χ1) is 15.1. The fraction of sp³-hybridized carbons (Fsp3) is 0.400. The van der Waals surface area contributed by atoms with E-state index >= 15 is 0 Å². The lowest BCUT2D eigenvalue weighted by Gasteiger charge is -2.44. The summed E-state index contributed by atoms with van der Waals surface area (Å²) in [5.41, 5.74) is 3.44. The molecule has 31 heavy (non-hydrogen) atoms. The number of nitrogens with zero attached hydrogens (tertiary/aromatic N) is 2. The van der Waals surface area contributed by atoms with Crippen LogP contribution in [0.3, 0.4) is 0 Å². The lowest BCUT2D eigenvalue weighted by molar-refractivity contribution is -0.124. The third kappa shape index (κ3) is 3.82. The monoisotopic (exact) mass is 416 g/mol. The van der Waals surface area contributed by atoms with Crippen molar-refractivity contribution in [1.29, 1.82) is 0 Å². The highest BCUT2D eigenvalue weighted by atomic mass is 16.2. The molecule has 1 aliphatic heterocycles. The van der Waals surface area contributed by atoms with Crippen molar-refractivity contribution >= 4 is 22.8 Å². The van der Waals surface area contributed by atoms with E-state index in [0.29, 0.717) is 25.9 Å². The van der Waals surface area contributed by atoms with Gasteiger partial charge < -0.3 is 15.2 Å². The number of rotatable bonds is 6. The normalized spacial score (nSPS) is 17.7. The summed E-state index contributed by atoms with van der Waals surface area (Å²) in [7, 11) is 0. The minimum absolute atomic E-state index is 0.0155. The van der Waals surface area contributed by atoms with Crippen LogP contribution in [0.25, 0.3) is 11.0 Å². The molecule has 0 atom stereocenters. The molecule has 2 amide bonds. The summed E-state index contributed by atoms with van der Waals surface area (Å²) in [4.78, 5) is 35.9. The van der Waals surface area contributed by atoms with Gasteiger partial charge in [-0.05, 0) is 36.6 Å². The number of benzene rings is 2. The maximum atomic E-state index is 13.1. The van der Waals surface area contributed by atoms with Gasteiger partial charge in [0.25, 0.3) is 5.91 Å². The average molecular weight is 417 g/mol. The van der Waals surface area contributed by atoms with Gasteiger partial charge in [0.15, 0.2) is 0 Å². The van der Waals surface area contributed by atoms with Crippen molar-refractivity contribution in [2.45, 2.75) is 57.0 Å². The van der Waals surface area contributed by atoms with Gasteiger partial charge in [0, 0.05) is 31.5 Å². The van der Waals surface area contributed by atoms with E-state index in [1.165, 1.54) is 6.42 Å². The molecular formula is C25H28N4O2. The van der Waals surface area contributed by atoms with Crippen molar-refractivity contribution in [1.82, 2.24) is 20.2 Å². The summed E-state index contributed by atoms with van der Waals surface area (Å²) in [6.45, 7) is 1.14. The molecule has 160 valence electrons. The Hall–Kier alpha value is -3.15. The molecule has 0 saturated heterocycles. The minimum Gasteiger partial charge on any atom is -0.356 e. The van der Waals surface area contributed by atoms with Gasteiger partial charge in [-0.3, -0.25) is 9.59 Å². The van der Waals surface area contributed by atoms with E-state index in [1.54, 1.807) is 0 Å². The van der Waals surface area contributed by atoms with Crippen LogP contribution in [0.5, 0.6) is 0 Å². The lowest BCUT2D eigenvalue weighted by Crippen LogP contribution is -2.52. The molecule has 6 nitrogen and oxygen atoms in total. The summed E-state index contributed by atoms with van der Waals surface area (Å²) in [5, 5.41) is 3.07. The van der Waals surface area contributed by atoms with E-state index in [0.717, 1.165) is 53.7 Å². The topological polar surface area (TPSA) is 78.1 Å². The Labute approximate surface area is 182 Å². The number of carbonyl (C=O) groups is 2. The van der Waals surface area contributed by atoms with E-state index in [-0.39, 0.29) is 17.4 Å². The van der Waals surface area contributed by atoms with Crippen molar-refractivity contribution in [3.05, 3.63) is 65.5 Å². The SMILES string of the molecule is O=C(CC1(N2Cc3ccccc3C2=O)CCCCC1)NCCc1nc2ccccc2[nH]1. The number of carbonyl (C=O) groups excluding carboxylic acids is 2. The number of nitrogens with one attached hydrogen (secondary N) is 2. The second-order valence-corrected chi connectivity index (χ2v) is 8.81. The summed E-state index contributed by atoms with van der Waals surface area (Å²) in [6, 6.07) is 15.8. The predicted octanol–water partition coefficient (Wildman–Crippen LogP) is 3.97. The Morgan fingerprint density at radius 3 is 2.65 bits per heavy atom. The Kier molecular flexibility index (Phi) is 5.22. The van der Waals surface area contributed by atoms with Crippen LogP contribution >= 0.6 is 0 Å². The molecule has 6 heteroatoms. The minimum atomic E-state index is -0.377. The molecule has 0 radical (unpaired) electrons. The van der Waals surface area contributed by atoms with Gasteiger partial charge in [-0.15, -0.1) is 0 Å². The number of fused-ring (bicyclic) bond motifs is 2. The Bertz CT molecular complexity index is 1080. The highest BCUT2D eigenvalue weighted by molar-refractivity contribution is 5.99. The second-order valence-electron chi connectivity index (χ2n) is 8.81. The molecule has 1 aliphatic carbocycles. The molecule has 2 heterocycles. The van der Waals surface area contributed by atoms with Crippen molar-refractivity contribution in [3.8, 4) is 0 Å². The maximum Gasteiger partial charge on any atom is 0.254 e. The first kappa shape index (κ1) is 19.8. The summed E-state index contributed by atoms with van der Waals surface area (Å²) in [5.74, 6) is 0.966. The van der Waals surface area contributed by atoms with E-state index < -0.39 is 0 Å². The fourth-order valence-electron chi connectivity index (χ4n) is 5.20. The number of H-pyrrole nitrogens is 1. The number of aromatic nitrogens is 2. The number of hydrogen-bond donors (Lipinski definition) is 2. The van der Waals surface area contributed by atoms with Crippen LogP contribution in [-0.4, -0.2) is 38.8 Å². The molecule has 3 aromatic rings. The Balaban J connectivity index is 1.24. The summed E-state index contributed by atoms with van der Waals surface area (Å²) in [6.07, 6.45) is 6.10. The van der Waals surface area contributed by atoms with Crippen molar-refractivity contribution in [2.75, 3.05) is 6.54 Å². The Morgan fingerprint density at radius 1 is 1.06 bits per heavy atom. The zero-order valence-electron chi connectivity index (χ0n) is 17.7. The summed E-state index contributed by atoms with van der Waals surface area (Å²) < 4.78 is 0. The zero-order valence-corrected chi connectivity index (χ0v) is 17.7. The van der Waals surface area contributed by atoms with E-state index in [2.05, 4.69) is 15.3 Å². The van der Waals surface area contributed by atoms with Gasteiger partial charge in [0.2, 0.25) is 5.91 Å². The first-order valence-electron chi connectivity index (χ1n) is 11.2. The van der Waals surface area contributed by atoms with Crippen LogP contribution in [-0.2, 0) is 17.8 Å². The standard InChI is InChI=1S/C25H28N4O2/c30-23(26-15-12-22-27-20-10-4-5-11-21(20)28-22)16-25(13-6-1-7-14-25)29-17-18-8-2-3-9-19(18)24(29)31/h2-5,8-11H,1,6-7,12-17H2,(H,26,30)(H,27,28). The largest absolute Gasteiger partial charge is 0.356 e. The molecule has 1 aromatic heterocycles. The smallest absolute Gasteiger partial charge is 0.254 e. The zero-order chi connectivity index (χ0) is 21.3. The van der Waals surface area contributed by atoms with Crippen molar-refractivity contribution < 1.29 is 9.59 Å². The second kappa shape index (κ2) is 8.17. The predicted molar refractivity (Wildman–Crippen MR) is 120 cm³/mol. The van der Waals surface area contributed by atoms with Crippen LogP contribution in [0.2, 0.25) is 0 Å².